The summed E-state index contributed by atoms with van der Waals surface area (Å²) in [5.74, 6) is -0.914. The van der Waals surface area contributed by atoms with Gasteiger partial charge < -0.3 is 10.4 Å². The lowest BCUT2D eigenvalue weighted by atomic mass is 10.0. The van der Waals surface area contributed by atoms with E-state index in [4.69, 9.17) is 0 Å². The highest BCUT2D eigenvalue weighted by molar-refractivity contribution is 7.85. The monoisotopic (exact) mass is 736 g/mol. The molecule has 7 heteroatoms. The molecule has 0 saturated carbocycles. The molecule has 0 fully saturated rings. The number of hydrogen-bond donors (Lipinski definition) is 3. The molecule has 0 aromatic heterocycles. The molecule has 0 heterocycles. The number of carbonyl (C=O) groups is 1. The fourth-order valence-corrected chi connectivity index (χ4v) is 7.15. The summed E-state index contributed by atoms with van der Waals surface area (Å²) in [5, 5.41) is 13.4. The number of hydrogen-bond acceptors (Lipinski definition) is 4. The van der Waals surface area contributed by atoms with Crippen molar-refractivity contribution in [1.29, 1.82) is 0 Å². The van der Waals surface area contributed by atoms with Gasteiger partial charge in [0.2, 0.25) is 5.91 Å². The Morgan fingerprint density at radius 1 is 0.549 bits per heavy atom. The van der Waals surface area contributed by atoms with Gasteiger partial charge in [0.25, 0.3) is 10.1 Å². The number of allylic oxidation sites excluding steroid dienone is 8. The number of unbranched alkanes of at least 4 members (excludes halogenated alkanes) is 22. The predicted molar refractivity (Wildman–Crippen MR) is 221 cm³/mol. The van der Waals surface area contributed by atoms with Gasteiger partial charge in [-0.25, -0.2) is 0 Å². The number of aliphatic hydroxyl groups is 1. The Balaban J connectivity index is 3.88. The summed E-state index contributed by atoms with van der Waals surface area (Å²) >= 11 is 0. The first-order chi connectivity index (χ1) is 24.8. The highest BCUT2D eigenvalue weighted by Gasteiger charge is 2.26. The molecular formula is C44H81NO5S. The molecule has 6 nitrogen and oxygen atoms in total. The Bertz CT molecular complexity index is 987. The van der Waals surface area contributed by atoms with Crippen molar-refractivity contribution in [3.05, 3.63) is 48.6 Å². The van der Waals surface area contributed by atoms with Crippen LogP contribution in [0.2, 0.25) is 0 Å². The van der Waals surface area contributed by atoms with Gasteiger partial charge >= 0.3 is 0 Å². The molecule has 298 valence electrons. The molecule has 0 aliphatic heterocycles. The second-order valence-electron chi connectivity index (χ2n) is 14.6. The summed E-state index contributed by atoms with van der Waals surface area (Å²) < 4.78 is 32.6. The van der Waals surface area contributed by atoms with Crippen LogP contribution in [0.4, 0.5) is 0 Å². The summed E-state index contributed by atoms with van der Waals surface area (Å²) in [6, 6.07) is -0.980. The van der Waals surface area contributed by atoms with Gasteiger partial charge in [-0.3, -0.25) is 9.35 Å². The Kier molecular flexibility index (Phi) is 36.8. The number of carbonyl (C=O) groups excluding carboxylic acids is 1. The van der Waals surface area contributed by atoms with Gasteiger partial charge in [0.15, 0.2) is 0 Å². The Morgan fingerprint density at radius 3 is 1.39 bits per heavy atom. The molecule has 3 N–H and O–H groups in total. The maximum atomic E-state index is 12.5. The molecule has 1 amide bonds. The summed E-state index contributed by atoms with van der Waals surface area (Å²) in [7, 11) is -4.32. The molecule has 0 rings (SSSR count). The second kappa shape index (κ2) is 38.0. The van der Waals surface area contributed by atoms with Crippen LogP contribution in [0.15, 0.2) is 48.6 Å². The average molecular weight is 736 g/mol. The average Bonchev–Trinajstić information content (AvgIpc) is 3.09. The quantitative estimate of drug-likeness (QED) is 0.0333. The van der Waals surface area contributed by atoms with Gasteiger partial charge in [0, 0.05) is 6.42 Å². The maximum Gasteiger partial charge on any atom is 0.266 e. The van der Waals surface area contributed by atoms with Crippen molar-refractivity contribution in [2.24, 2.45) is 0 Å². The fourth-order valence-electron chi connectivity index (χ4n) is 6.39. The van der Waals surface area contributed by atoms with Crippen molar-refractivity contribution in [3.63, 3.8) is 0 Å². The number of nitrogens with one attached hydrogen (secondary N) is 1. The summed E-state index contributed by atoms with van der Waals surface area (Å²) in [5.41, 5.74) is 0. The molecule has 2 atom stereocenters. The zero-order chi connectivity index (χ0) is 37.5. The van der Waals surface area contributed by atoms with E-state index in [2.05, 4.69) is 67.8 Å². The van der Waals surface area contributed by atoms with Crippen LogP contribution in [0.25, 0.3) is 0 Å². The molecule has 0 aliphatic rings. The van der Waals surface area contributed by atoms with Crippen LogP contribution in [0, 0.1) is 0 Å². The van der Waals surface area contributed by atoms with E-state index < -0.39 is 28.0 Å². The minimum Gasteiger partial charge on any atom is -0.391 e. The third kappa shape index (κ3) is 39.3. The van der Waals surface area contributed by atoms with Crippen LogP contribution in [-0.2, 0) is 14.9 Å². The molecule has 0 spiro atoms. The fraction of sp³-hybridized carbons (Fsp3) is 0.795. The van der Waals surface area contributed by atoms with Crippen LogP contribution in [0.5, 0.6) is 0 Å². The minimum absolute atomic E-state index is 0.260. The van der Waals surface area contributed by atoms with Crippen LogP contribution >= 0.6 is 0 Å². The molecule has 0 radical (unpaired) electrons. The number of aliphatic hydroxyl groups excluding tert-OH is 1. The Hall–Kier alpha value is -1.70. The highest BCUT2D eigenvalue weighted by Crippen LogP contribution is 2.16. The summed E-state index contributed by atoms with van der Waals surface area (Å²) in [6.45, 7) is 4.42. The van der Waals surface area contributed by atoms with Gasteiger partial charge in [0.05, 0.1) is 17.9 Å². The number of rotatable bonds is 38. The van der Waals surface area contributed by atoms with Crippen molar-refractivity contribution in [2.45, 2.75) is 219 Å². The first kappa shape index (κ1) is 49.3. The van der Waals surface area contributed by atoms with E-state index in [9.17, 15) is 22.9 Å². The third-order valence-electron chi connectivity index (χ3n) is 9.55. The highest BCUT2D eigenvalue weighted by atomic mass is 32.2. The second-order valence-corrected chi connectivity index (χ2v) is 16.1. The first-order valence-electron chi connectivity index (χ1n) is 21.3. The molecule has 0 bridgehead atoms. The van der Waals surface area contributed by atoms with E-state index in [1.54, 1.807) is 0 Å². The molecule has 0 aromatic rings. The molecular weight excluding hydrogens is 655 g/mol. The molecule has 0 saturated heterocycles. The summed E-state index contributed by atoms with van der Waals surface area (Å²) in [6.07, 6.45) is 50.5. The van der Waals surface area contributed by atoms with Crippen molar-refractivity contribution >= 4 is 16.0 Å². The largest absolute Gasteiger partial charge is 0.391 e. The lowest BCUT2D eigenvalue weighted by molar-refractivity contribution is -0.122. The Morgan fingerprint density at radius 2 is 0.941 bits per heavy atom. The third-order valence-corrected chi connectivity index (χ3v) is 10.3. The van der Waals surface area contributed by atoms with Crippen LogP contribution in [-0.4, -0.2) is 41.9 Å². The van der Waals surface area contributed by atoms with Crippen LogP contribution in [0.1, 0.15) is 206 Å². The van der Waals surface area contributed by atoms with Crippen molar-refractivity contribution in [1.82, 2.24) is 5.32 Å². The van der Waals surface area contributed by atoms with Gasteiger partial charge in [-0.05, 0) is 51.4 Å². The van der Waals surface area contributed by atoms with E-state index in [-0.39, 0.29) is 5.91 Å². The van der Waals surface area contributed by atoms with Crippen LogP contribution < -0.4 is 5.32 Å². The molecule has 0 aromatic carbocycles. The summed E-state index contributed by atoms with van der Waals surface area (Å²) in [4.78, 5) is 12.5. The first-order valence-corrected chi connectivity index (χ1v) is 22.9. The van der Waals surface area contributed by atoms with Crippen molar-refractivity contribution in [3.8, 4) is 0 Å². The topological polar surface area (TPSA) is 104 Å². The van der Waals surface area contributed by atoms with E-state index in [1.807, 2.05) is 0 Å². The standard InChI is InChI=1S/C44H81NO5S/c1-3-5-7-9-11-13-15-17-19-21-22-24-26-28-30-32-34-36-38-40-44(47)45-42(41-51(48,49)50)43(46)39-37-35-33-31-29-27-25-23-20-18-16-14-12-10-8-6-4-2/h5,7,11,13,17,19,22,24,42-43,46H,3-4,6,8-10,12,14-16,18,20-21,23,25-41H2,1-2H3,(H,45,47)(H,48,49,50)/b7-5-,13-11-,19-17-,24-22-. The molecule has 0 aliphatic carbocycles. The zero-order valence-corrected chi connectivity index (χ0v) is 34.0. The van der Waals surface area contributed by atoms with Gasteiger partial charge in [-0.15, -0.1) is 0 Å². The van der Waals surface area contributed by atoms with E-state index in [0.29, 0.717) is 12.8 Å². The SMILES string of the molecule is CC/C=C\C/C=C\C/C=C\C/C=C\CCCCCCCCC(=O)NC(CS(=O)(=O)O)C(O)CCCCCCCCCCCCCCCCCCC. The van der Waals surface area contributed by atoms with Gasteiger partial charge in [-0.2, -0.15) is 8.42 Å². The molecule has 51 heavy (non-hydrogen) atoms. The van der Waals surface area contributed by atoms with Gasteiger partial charge in [-0.1, -0.05) is 197 Å². The maximum absolute atomic E-state index is 12.5. The predicted octanol–water partition coefficient (Wildman–Crippen LogP) is 12.7. The lowest BCUT2D eigenvalue weighted by Gasteiger charge is -2.23. The Labute approximate surface area is 316 Å². The normalized spacial score (nSPS) is 13.7. The van der Waals surface area contributed by atoms with Gasteiger partial charge in [0.1, 0.15) is 0 Å². The van der Waals surface area contributed by atoms with E-state index in [1.165, 1.54) is 103 Å². The van der Waals surface area contributed by atoms with Crippen molar-refractivity contribution in [2.75, 3.05) is 5.75 Å². The smallest absolute Gasteiger partial charge is 0.266 e. The van der Waals surface area contributed by atoms with Crippen molar-refractivity contribution < 1.29 is 22.9 Å². The zero-order valence-electron chi connectivity index (χ0n) is 33.2. The molecule has 2 unspecified atom stereocenters. The number of amides is 1. The van der Waals surface area contributed by atoms with E-state index >= 15 is 0 Å². The van der Waals surface area contributed by atoms with Crippen LogP contribution in [0.3, 0.4) is 0 Å². The lowest BCUT2D eigenvalue weighted by Crippen LogP contribution is -2.47. The van der Waals surface area contributed by atoms with E-state index in [0.717, 1.165) is 77.0 Å². The minimum atomic E-state index is -4.32.